The van der Waals surface area contributed by atoms with Gasteiger partial charge in [-0.2, -0.15) is 8.42 Å². The second kappa shape index (κ2) is 18.1. The molecule has 0 heterocycles. The molecule has 0 radical (unpaired) electrons. The van der Waals surface area contributed by atoms with Crippen molar-refractivity contribution >= 4 is 30.0 Å². The third kappa shape index (κ3) is 13.1. The summed E-state index contributed by atoms with van der Waals surface area (Å²) in [6.45, 7) is 12.0. The Labute approximate surface area is 275 Å². The van der Waals surface area contributed by atoms with Gasteiger partial charge in [-0.05, 0) is 34.8 Å². The summed E-state index contributed by atoms with van der Waals surface area (Å²) in [7, 11) is -6.10. The Morgan fingerprint density at radius 1 is 0.778 bits per heavy atom. The third-order valence-electron chi connectivity index (χ3n) is 7.73. The van der Waals surface area contributed by atoms with Gasteiger partial charge in [0.15, 0.2) is 8.32 Å². The van der Waals surface area contributed by atoms with Gasteiger partial charge in [-0.3, -0.25) is 4.18 Å². The van der Waals surface area contributed by atoms with Crippen molar-refractivity contribution in [2.75, 3.05) is 18.4 Å². The molecule has 3 aromatic carbocycles. The lowest BCUT2D eigenvalue weighted by Crippen LogP contribution is -2.45. The monoisotopic (exact) mass is 674 g/mol. The fraction of sp³-hybridized carbons (Fsp3) is 0.429. The molecule has 0 fully saturated rings. The van der Waals surface area contributed by atoms with E-state index in [2.05, 4.69) is 33.9 Å². The molecule has 3 aromatic rings. The van der Waals surface area contributed by atoms with E-state index >= 15 is 0 Å². The van der Waals surface area contributed by atoms with E-state index in [4.69, 9.17) is 34.4 Å². The predicted molar refractivity (Wildman–Crippen MR) is 183 cm³/mol. The Bertz CT molecular complexity index is 1380. The molecular weight excluding hydrogens is 628 g/mol. The first-order valence-corrected chi connectivity index (χ1v) is 20.1. The quantitative estimate of drug-likeness (QED) is 0.0554. The SMILES string of the molecule is CC(C)(C)[Si](C)(C)OCC=C[C@@H](OCc1ccccc1)[C@@H](OCc1ccccc1)[C@@H](COCc1ccccc1)OS(=O)(=O)CCl. The smallest absolute Gasteiger partial charge is 0.281 e. The van der Waals surface area contributed by atoms with E-state index in [1.165, 1.54) is 0 Å². The molecule has 0 saturated heterocycles. The number of alkyl halides is 1. The Balaban J connectivity index is 1.94. The summed E-state index contributed by atoms with van der Waals surface area (Å²) in [4.78, 5) is 0. The summed E-state index contributed by atoms with van der Waals surface area (Å²) in [5.74, 6) is 0. The van der Waals surface area contributed by atoms with Crippen molar-refractivity contribution in [1.82, 2.24) is 0 Å². The number of halogens is 1. The maximum Gasteiger partial charge on any atom is 0.281 e. The number of ether oxygens (including phenoxy) is 3. The van der Waals surface area contributed by atoms with E-state index in [0.29, 0.717) is 6.61 Å². The first-order valence-electron chi connectivity index (χ1n) is 15.1. The van der Waals surface area contributed by atoms with Gasteiger partial charge in [0.1, 0.15) is 23.5 Å². The second-order valence-electron chi connectivity index (χ2n) is 12.3. The topological polar surface area (TPSA) is 80.3 Å². The molecule has 0 N–H and O–H groups in total. The van der Waals surface area contributed by atoms with E-state index in [1.54, 1.807) is 0 Å². The van der Waals surface area contributed by atoms with Gasteiger partial charge in [0.25, 0.3) is 10.1 Å². The van der Waals surface area contributed by atoms with Gasteiger partial charge in [0, 0.05) is 0 Å². The van der Waals surface area contributed by atoms with Crippen LogP contribution >= 0.6 is 11.6 Å². The van der Waals surface area contributed by atoms with Crippen LogP contribution in [0.15, 0.2) is 103 Å². The van der Waals surface area contributed by atoms with Gasteiger partial charge < -0.3 is 18.6 Å². The van der Waals surface area contributed by atoms with Crippen molar-refractivity contribution in [3.63, 3.8) is 0 Å². The molecule has 0 aliphatic carbocycles. The second-order valence-corrected chi connectivity index (χ2v) is 19.3. The largest absolute Gasteiger partial charge is 0.413 e. The lowest BCUT2D eigenvalue weighted by atomic mass is 10.1. The zero-order valence-corrected chi connectivity index (χ0v) is 29.5. The molecule has 45 heavy (non-hydrogen) atoms. The molecule has 0 aromatic heterocycles. The minimum atomic E-state index is -4.10. The van der Waals surface area contributed by atoms with Crippen LogP contribution in [0.5, 0.6) is 0 Å². The average molecular weight is 675 g/mol. The molecule has 0 aliphatic heterocycles. The first kappa shape index (κ1) is 37.1. The van der Waals surface area contributed by atoms with Gasteiger partial charge in [-0.1, -0.05) is 124 Å². The molecule has 0 aliphatic rings. The molecule has 3 atom stereocenters. The van der Waals surface area contributed by atoms with E-state index in [9.17, 15) is 8.42 Å². The minimum Gasteiger partial charge on any atom is -0.413 e. The molecule has 0 bridgehead atoms. The highest BCUT2D eigenvalue weighted by molar-refractivity contribution is 7.87. The van der Waals surface area contributed by atoms with Crippen molar-refractivity contribution in [1.29, 1.82) is 0 Å². The predicted octanol–water partition coefficient (Wildman–Crippen LogP) is 7.86. The lowest BCUT2D eigenvalue weighted by molar-refractivity contribution is -0.124. The van der Waals surface area contributed by atoms with Crippen molar-refractivity contribution < 1.29 is 31.2 Å². The highest BCUT2D eigenvalue weighted by Gasteiger charge is 2.37. The Hall–Kier alpha value is -2.34. The molecule has 3 rings (SSSR count). The average Bonchev–Trinajstić information content (AvgIpc) is 3.02. The fourth-order valence-corrected chi connectivity index (χ4v) is 5.82. The zero-order chi connectivity index (χ0) is 32.8. The summed E-state index contributed by atoms with van der Waals surface area (Å²) in [6, 6.07) is 29.0. The lowest BCUT2D eigenvalue weighted by Gasteiger charge is -2.36. The summed E-state index contributed by atoms with van der Waals surface area (Å²) < 4.78 is 56.5. The molecule has 7 nitrogen and oxygen atoms in total. The van der Waals surface area contributed by atoms with Crippen molar-refractivity contribution in [2.45, 2.75) is 77.0 Å². The Morgan fingerprint density at radius 2 is 1.27 bits per heavy atom. The molecule has 0 spiro atoms. The van der Waals surface area contributed by atoms with Gasteiger partial charge in [0.05, 0.1) is 33.0 Å². The summed E-state index contributed by atoms with van der Waals surface area (Å²) in [5.41, 5.74) is 2.82. The molecule has 0 unspecified atom stereocenters. The van der Waals surface area contributed by atoms with Gasteiger partial charge in [0.2, 0.25) is 0 Å². The number of rotatable bonds is 19. The van der Waals surface area contributed by atoms with Crippen LogP contribution in [-0.2, 0) is 52.8 Å². The van der Waals surface area contributed by atoms with Crippen LogP contribution in [0.2, 0.25) is 18.1 Å². The third-order valence-corrected chi connectivity index (χ3v) is 13.8. The highest BCUT2D eigenvalue weighted by atomic mass is 35.5. The first-order chi connectivity index (χ1) is 21.4. The van der Waals surface area contributed by atoms with Crippen LogP contribution < -0.4 is 0 Å². The maximum absolute atomic E-state index is 12.7. The van der Waals surface area contributed by atoms with Gasteiger partial charge >= 0.3 is 0 Å². The van der Waals surface area contributed by atoms with E-state index < -0.39 is 42.0 Å². The number of hydrogen-bond donors (Lipinski definition) is 0. The standard InChI is InChI=1S/C35H47ClO7SSi/c1-35(2,3)45(4,5)42-23-15-22-32(40-25-30-18-11-7-12-19-30)34(41-26-31-20-13-8-14-21-31)33(43-44(37,38)28-36)27-39-24-29-16-9-6-10-17-29/h6-22,32-34H,23-28H2,1-5H3/t32-,33-,34-/m1/s1. The minimum absolute atomic E-state index is 0.0519. The van der Waals surface area contributed by atoms with Crippen molar-refractivity contribution in [2.24, 2.45) is 0 Å². The fourth-order valence-electron chi connectivity index (χ4n) is 4.13. The summed E-state index contributed by atoms with van der Waals surface area (Å²) in [6.07, 6.45) is 1.12. The zero-order valence-electron chi connectivity index (χ0n) is 26.9. The highest BCUT2D eigenvalue weighted by Crippen LogP contribution is 2.36. The van der Waals surface area contributed by atoms with E-state index in [-0.39, 0.29) is 31.5 Å². The number of hydrogen-bond acceptors (Lipinski definition) is 7. The van der Waals surface area contributed by atoms with Crippen LogP contribution in [-0.4, -0.2) is 53.5 Å². The summed E-state index contributed by atoms with van der Waals surface area (Å²) in [5, 5.41) is -0.657. The Kier molecular flexibility index (Phi) is 14.9. The van der Waals surface area contributed by atoms with Crippen LogP contribution in [0.1, 0.15) is 37.5 Å². The van der Waals surface area contributed by atoms with E-state index in [1.807, 2.05) is 103 Å². The molecule has 0 saturated carbocycles. The van der Waals surface area contributed by atoms with Crippen LogP contribution in [0.4, 0.5) is 0 Å². The summed E-state index contributed by atoms with van der Waals surface area (Å²) >= 11 is 5.79. The van der Waals surface area contributed by atoms with Gasteiger partial charge in [-0.15, -0.1) is 11.6 Å². The normalized spacial score (nSPS) is 14.8. The van der Waals surface area contributed by atoms with Crippen LogP contribution in [0, 0.1) is 0 Å². The van der Waals surface area contributed by atoms with E-state index in [0.717, 1.165) is 16.7 Å². The van der Waals surface area contributed by atoms with Crippen molar-refractivity contribution in [3.8, 4) is 0 Å². The molecular formula is C35H47ClO7SSi. The van der Waals surface area contributed by atoms with Crippen molar-refractivity contribution in [3.05, 3.63) is 120 Å². The Morgan fingerprint density at radius 3 is 1.76 bits per heavy atom. The van der Waals surface area contributed by atoms with Crippen LogP contribution in [0.25, 0.3) is 0 Å². The number of benzene rings is 3. The molecule has 0 amide bonds. The van der Waals surface area contributed by atoms with Crippen LogP contribution in [0.3, 0.4) is 0 Å². The maximum atomic E-state index is 12.7. The van der Waals surface area contributed by atoms with Gasteiger partial charge in [-0.25, -0.2) is 0 Å². The molecule has 246 valence electrons. The molecule has 10 heteroatoms.